The fourth-order valence-corrected chi connectivity index (χ4v) is 4.90. The molecule has 192 valence electrons. The molecule has 1 N–H and O–H groups in total. The molecule has 2 aromatic carbocycles. The standard InChI is InChI=1S/C28H35N3O5/c1-5-20(3)29-25(32)24-18-36-28(31(24)27(34)21-9-11-23(35-4)12-10-21)13-15-30(16-14-28)26(33)22-8-6-7-19(2)17-22/h6-12,17,20,24H,5,13-16,18H2,1-4H3,(H,29,32)/t20-,24-/m1/s1. The first kappa shape index (κ1) is 25.7. The molecule has 0 aromatic heterocycles. The first-order chi connectivity index (χ1) is 17.3. The first-order valence-electron chi connectivity index (χ1n) is 12.6. The second-order valence-corrected chi connectivity index (χ2v) is 9.66. The van der Waals surface area contributed by atoms with Gasteiger partial charge in [0, 0.05) is 43.1 Å². The molecule has 3 amide bonds. The molecule has 0 saturated carbocycles. The fraction of sp³-hybridized carbons (Fsp3) is 0.464. The number of nitrogens with one attached hydrogen (secondary N) is 1. The zero-order valence-corrected chi connectivity index (χ0v) is 21.5. The molecule has 2 saturated heterocycles. The number of carbonyl (C=O) groups is 3. The third kappa shape index (κ3) is 5.09. The monoisotopic (exact) mass is 493 g/mol. The van der Waals surface area contributed by atoms with Crippen LogP contribution in [0, 0.1) is 6.92 Å². The Kier molecular flexibility index (Phi) is 7.64. The van der Waals surface area contributed by atoms with E-state index < -0.39 is 11.8 Å². The second-order valence-electron chi connectivity index (χ2n) is 9.66. The number of carbonyl (C=O) groups excluding carboxylic acids is 3. The molecule has 2 aliphatic rings. The molecule has 0 unspecified atom stereocenters. The molecule has 2 atom stereocenters. The van der Waals surface area contributed by atoms with E-state index in [2.05, 4.69) is 5.32 Å². The maximum absolute atomic E-state index is 13.8. The van der Waals surface area contributed by atoms with Gasteiger partial charge >= 0.3 is 0 Å². The summed E-state index contributed by atoms with van der Waals surface area (Å²) in [4.78, 5) is 43.5. The summed E-state index contributed by atoms with van der Waals surface area (Å²) in [5, 5.41) is 3.00. The first-order valence-corrected chi connectivity index (χ1v) is 12.6. The number of hydrogen-bond donors (Lipinski definition) is 1. The number of methoxy groups -OCH3 is 1. The number of likely N-dealkylation sites (tertiary alicyclic amines) is 1. The Morgan fingerprint density at radius 3 is 2.39 bits per heavy atom. The van der Waals surface area contributed by atoms with E-state index in [9.17, 15) is 14.4 Å². The number of hydrogen-bond acceptors (Lipinski definition) is 5. The van der Waals surface area contributed by atoms with Gasteiger partial charge in [-0.25, -0.2) is 0 Å². The van der Waals surface area contributed by atoms with Crippen LogP contribution in [0.15, 0.2) is 48.5 Å². The van der Waals surface area contributed by atoms with Crippen molar-refractivity contribution in [3.8, 4) is 5.75 Å². The smallest absolute Gasteiger partial charge is 0.256 e. The molecule has 1 spiro atoms. The van der Waals surface area contributed by atoms with Gasteiger partial charge in [0.25, 0.3) is 11.8 Å². The summed E-state index contributed by atoms with van der Waals surface area (Å²) in [5.41, 5.74) is 1.19. The Morgan fingerprint density at radius 2 is 1.78 bits per heavy atom. The van der Waals surface area contributed by atoms with Crippen molar-refractivity contribution in [2.24, 2.45) is 0 Å². The Balaban J connectivity index is 1.58. The van der Waals surface area contributed by atoms with E-state index in [1.165, 1.54) is 0 Å². The van der Waals surface area contributed by atoms with Gasteiger partial charge in [-0.15, -0.1) is 0 Å². The largest absolute Gasteiger partial charge is 0.497 e. The predicted molar refractivity (Wildman–Crippen MR) is 136 cm³/mol. The van der Waals surface area contributed by atoms with E-state index in [-0.39, 0.29) is 30.4 Å². The maximum atomic E-state index is 13.8. The van der Waals surface area contributed by atoms with Gasteiger partial charge in [0.2, 0.25) is 5.91 Å². The second kappa shape index (κ2) is 10.7. The molecule has 2 fully saturated rings. The molecule has 4 rings (SSSR count). The topological polar surface area (TPSA) is 88.2 Å². The van der Waals surface area contributed by atoms with Crippen LogP contribution in [0.2, 0.25) is 0 Å². The Labute approximate surface area is 212 Å². The van der Waals surface area contributed by atoms with Gasteiger partial charge in [-0.3, -0.25) is 19.3 Å². The zero-order valence-electron chi connectivity index (χ0n) is 21.5. The van der Waals surface area contributed by atoms with Gasteiger partial charge in [-0.2, -0.15) is 0 Å². The lowest BCUT2D eigenvalue weighted by Gasteiger charge is -2.44. The Morgan fingerprint density at radius 1 is 1.08 bits per heavy atom. The summed E-state index contributed by atoms with van der Waals surface area (Å²) in [7, 11) is 1.57. The summed E-state index contributed by atoms with van der Waals surface area (Å²) in [6.07, 6.45) is 1.64. The average Bonchev–Trinajstić information content (AvgIpc) is 3.26. The van der Waals surface area contributed by atoms with Crippen molar-refractivity contribution >= 4 is 17.7 Å². The van der Waals surface area contributed by atoms with E-state index in [1.807, 2.05) is 45.0 Å². The van der Waals surface area contributed by atoms with Crippen LogP contribution in [-0.2, 0) is 9.53 Å². The van der Waals surface area contributed by atoms with Crippen LogP contribution in [0.1, 0.15) is 59.4 Å². The quantitative estimate of drug-likeness (QED) is 0.667. The highest BCUT2D eigenvalue weighted by Gasteiger charge is 2.54. The molecular formula is C28H35N3O5. The summed E-state index contributed by atoms with van der Waals surface area (Å²) in [5.74, 6) is 0.123. The summed E-state index contributed by atoms with van der Waals surface area (Å²) >= 11 is 0. The van der Waals surface area contributed by atoms with Crippen LogP contribution in [0.3, 0.4) is 0 Å². The third-order valence-corrected chi connectivity index (χ3v) is 7.22. The van der Waals surface area contributed by atoms with Crippen molar-refractivity contribution in [2.45, 2.75) is 57.8 Å². The lowest BCUT2D eigenvalue weighted by atomic mass is 9.96. The molecule has 2 aromatic rings. The summed E-state index contributed by atoms with van der Waals surface area (Å²) in [6.45, 7) is 6.88. The normalized spacial score (nSPS) is 19.7. The number of aryl methyl sites for hydroxylation is 1. The minimum atomic E-state index is -0.947. The maximum Gasteiger partial charge on any atom is 0.256 e. The van der Waals surface area contributed by atoms with Crippen LogP contribution in [0.4, 0.5) is 0 Å². The molecule has 2 aliphatic heterocycles. The Hall–Kier alpha value is -3.39. The van der Waals surface area contributed by atoms with Crippen molar-refractivity contribution in [2.75, 3.05) is 26.8 Å². The number of rotatable bonds is 6. The third-order valence-electron chi connectivity index (χ3n) is 7.22. The SMILES string of the molecule is CC[C@@H](C)NC(=O)[C@H]1COC2(CCN(C(=O)c3cccc(C)c3)CC2)N1C(=O)c1ccc(OC)cc1. The van der Waals surface area contributed by atoms with Crippen LogP contribution in [0.25, 0.3) is 0 Å². The van der Waals surface area contributed by atoms with Crippen molar-refractivity contribution in [1.29, 1.82) is 0 Å². The lowest BCUT2D eigenvalue weighted by Crippen LogP contribution is -2.60. The predicted octanol–water partition coefficient (Wildman–Crippen LogP) is 3.39. The van der Waals surface area contributed by atoms with Gasteiger partial charge in [-0.05, 0) is 56.7 Å². The highest BCUT2D eigenvalue weighted by molar-refractivity contribution is 5.99. The molecule has 2 heterocycles. The van der Waals surface area contributed by atoms with Gasteiger partial charge in [0.15, 0.2) is 0 Å². The van der Waals surface area contributed by atoms with Crippen molar-refractivity contribution in [3.05, 3.63) is 65.2 Å². The molecule has 0 radical (unpaired) electrons. The van der Waals surface area contributed by atoms with Gasteiger partial charge in [0.05, 0.1) is 13.7 Å². The van der Waals surface area contributed by atoms with Crippen molar-refractivity contribution < 1.29 is 23.9 Å². The number of ether oxygens (including phenoxy) is 2. The summed E-state index contributed by atoms with van der Waals surface area (Å²) in [6, 6.07) is 13.6. The van der Waals surface area contributed by atoms with E-state index in [4.69, 9.17) is 9.47 Å². The molecule has 36 heavy (non-hydrogen) atoms. The average molecular weight is 494 g/mol. The van der Waals surface area contributed by atoms with Crippen LogP contribution in [-0.4, -0.2) is 72.1 Å². The van der Waals surface area contributed by atoms with E-state index in [0.29, 0.717) is 42.8 Å². The van der Waals surface area contributed by atoms with Gasteiger partial charge in [-0.1, -0.05) is 24.6 Å². The van der Waals surface area contributed by atoms with Crippen LogP contribution >= 0.6 is 0 Å². The van der Waals surface area contributed by atoms with Crippen LogP contribution in [0.5, 0.6) is 5.75 Å². The zero-order chi connectivity index (χ0) is 25.9. The summed E-state index contributed by atoms with van der Waals surface area (Å²) < 4.78 is 11.5. The van der Waals surface area contributed by atoms with E-state index in [1.54, 1.807) is 41.2 Å². The minimum Gasteiger partial charge on any atom is -0.497 e. The van der Waals surface area contributed by atoms with E-state index in [0.717, 1.165) is 12.0 Å². The number of nitrogens with zero attached hydrogens (tertiary/aromatic N) is 2. The number of piperidine rings is 1. The molecule has 0 aliphatic carbocycles. The lowest BCUT2D eigenvalue weighted by molar-refractivity contribution is -0.128. The Bertz CT molecular complexity index is 1110. The highest BCUT2D eigenvalue weighted by atomic mass is 16.5. The molecule has 8 heteroatoms. The van der Waals surface area contributed by atoms with Crippen molar-refractivity contribution in [3.63, 3.8) is 0 Å². The van der Waals surface area contributed by atoms with Crippen LogP contribution < -0.4 is 10.1 Å². The van der Waals surface area contributed by atoms with Gasteiger partial charge < -0.3 is 19.7 Å². The molecule has 8 nitrogen and oxygen atoms in total. The van der Waals surface area contributed by atoms with Gasteiger partial charge in [0.1, 0.15) is 17.5 Å². The number of benzene rings is 2. The minimum absolute atomic E-state index is 0.0132. The van der Waals surface area contributed by atoms with E-state index >= 15 is 0 Å². The highest BCUT2D eigenvalue weighted by Crippen LogP contribution is 2.39. The molecular weight excluding hydrogens is 458 g/mol. The molecule has 0 bridgehead atoms. The van der Waals surface area contributed by atoms with Crippen molar-refractivity contribution in [1.82, 2.24) is 15.1 Å². The fourth-order valence-electron chi connectivity index (χ4n) is 4.90. The number of amides is 3.